The maximum Gasteiger partial charge on any atom is 0.187 e. The van der Waals surface area contributed by atoms with Crippen LogP contribution in [0.3, 0.4) is 0 Å². The second-order valence-corrected chi connectivity index (χ2v) is 26.3. The monoisotopic (exact) mass is 1140 g/mol. The van der Waals surface area contributed by atoms with Crippen LogP contribution < -0.4 is 0 Å². The molecule has 27 nitrogen and oxygen atoms in total. The van der Waals surface area contributed by atoms with Crippen LogP contribution in [0.2, 0.25) is 0 Å². The van der Waals surface area contributed by atoms with Crippen molar-refractivity contribution in [2.75, 3.05) is 13.2 Å². The Kier molecular flexibility index (Phi) is 23.0. The van der Waals surface area contributed by atoms with Crippen LogP contribution in [0.15, 0.2) is 0 Å². The molecule has 27 heteroatoms. The molecular formula is C51H94O27. The van der Waals surface area contributed by atoms with E-state index in [9.17, 15) is 86.8 Å². The zero-order valence-corrected chi connectivity index (χ0v) is 46.8. The van der Waals surface area contributed by atoms with Crippen LogP contribution >= 0.6 is 0 Å². The zero-order chi connectivity index (χ0) is 59.2. The van der Waals surface area contributed by atoms with Crippen molar-refractivity contribution in [1.29, 1.82) is 0 Å². The minimum Gasteiger partial charge on any atom is -0.394 e. The summed E-state index contributed by atoms with van der Waals surface area (Å²) in [5, 5.41) is 178. The molecule has 6 fully saturated rings. The first-order valence-corrected chi connectivity index (χ1v) is 26.7. The molecule has 0 aromatic rings. The van der Waals surface area contributed by atoms with E-state index in [1.165, 1.54) is 0 Å². The molecule has 6 rings (SSSR count). The maximum absolute atomic E-state index is 11.2. The summed E-state index contributed by atoms with van der Waals surface area (Å²) >= 11 is 0. The Morgan fingerprint density at radius 1 is 0.308 bits per heavy atom. The van der Waals surface area contributed by atoms with E-state index in [2.05, 4.69) is 0 Å². The van der Waals surface area contributed by atoms with Crippen molar-refractivity contribution in [3.63, 3.8) is 0 Å². The van der Waals surface area contributed by atoms with Crippen molar-refractivity contribution in [1.82, 2.24) is 0 Å². The van der Waals surface area contributed by atoms with Gasteiger partial charge in [0.15, 0.2) is 31.5 Å². The molecule has 0 aromatic heterocycles. The number of rotatable bonds is 12. The fourth-order valence-corrected chi connectivity index (χ4v) is 10.4. The first-order valence-electron chi connectivity index (χ1n) is 26.7. The summed E-state index contributed by atoms with van der Waals surface area (Å²) in [7, 11) is 0. The van der Waals surface area contributed by atoms with Crippen LogP contribution in [0, 0.1) is 21.7 Å². The fraction of sp³-hybridized carbons (Fsp3) is 1.00. The Hall–Kier alpha value is -1.08. The lowest BCUT2D eigenvalue weighted by Crippen LogP contribution is -2.67. The molecule has 0 radical (unpaired) electrons. The van der Waals surface area contributed by atoms with Gasteiger partial charge in [-0.15, -0.1) is 0 Å². The molecule has 6 aliphatic rings. The smallest absolute Gasteiger partial charge is 0.187 e. The minimum absolute atomic E-state index is 0.269. The number of hydrogen-bond donors (Lipinski definition) is 17. The Balaban J connectivity index is 0.000000287. The van der Waals surface area contributed by atoms with Gasteiger partial charge in [-0.3, -0.25) is 0 Å². The molecule has 0 aliphatic carbocycles. The van der Waals surface area contributed by atoms with E-state index in [-0.39, 0.29) is 17.3 Å². The van der Waals surface area contributed by atoms with Gasteiger partial charge in [-0.25, -0.2) is 0 Å². The van der Waals surface area contributed by atoms with Crippen LogP contribution in [0.4, 0.5) is 0 Å². The molecular weight excluding hydrogens is 1040 g/mol. The van der Waals surface area contributed by atoms with Crippen molar-refractivity contribution >= 4 is 0 Å². The molecule has 17 N–H and O–H groups in total. The second kappa shape index (κ2) is 26.5. The summed E-state index contributed by atoms with van der Waals surface area (Å²) in [4.78, 5) is 0. The predicted octanol–water partition coefficient (Wildman–Crippen LogP) is -5.08. The summed E-state index contributed by atoms with van der Waals surface area (Å²) in [6, 6.07) is 0. The quantitative estimate of drug-likeness (QED) is 0.0869. The van der Waals surface area contributed by atoms with Crippen molar-refractivity contribution in [2.45, 2.75) is 287 Å². The Morgan fingerprint density at radius 3 is 0.936 bits per heavy atom. The average Bonchev–Trinajstić information content (AvgIpc) is 3.33. The van der Waals surface area contributed by atoms with Gasteiger partial charge in [-0.2, -0.15) is 0 Å². The summed E-state index contributed by atoms with van der Waals surface area (Å²) in [6.07, 6.45) is -42.6. The van der Waals surface area contributed by atoms with Crippen LogP contribution in [0.1, 0.15) is 103 Å². The number of aliphatic hydroxyl groups is 17. The highest BCUT2D eigenvalue weighted by atomic mass is 16.8. The van der Waals surface area contributed by atoms with E-state index in [0.29, 0.717) is 6.42 Å². The molecule has 6 heterocycles. The first kappa shape index (κ1) is 67.7. The van der Waals surface area contributed by atoms with Crippen LogP contribution in [0.25, 0.3) is 0 Å². The van der Waals surface area contributed by atoms with E-state index in [1.807, 2.05) is 62.3 Å². The molecule has 0 bridgehead atoms. The van der Waals surface area contributed by atoms with Gasteiger partial charge < -0.3 is 134 Å². The molecule has 6 aliphatic heterocycles. The molecule has 78 heavy (non-hydrogen) atoms. The van der Waals surface area contributed by atoms with Gasteiger partial charge in [0.25, 0.3) is 0 Å². The summed E-state index contributed by atoms with van der Waals surface area (Å²) in [5.74, 6) is 0. The topological polar surface area (TPSA) is 436 Å². The molecule has 0 spiro atoms. The second-order valence-electron chi connectivity index (χ2n) is 26.3. The highest BCUT2D eigenvalue weighted by Gasteiger charge is 2.58. The number of ether oxygens (including phenoxy) is 10. The Bertz CT molecular complexity index is 1690. The largest absolute Gasteiger partial charge is 0.394 e. The Labute approximate surface area is 455 Å². The third-order valence-electron chi connectivity index (χ3n) is 14.9. The van der Waals surface area contributed by atoms with Gasteiger partial charge in [0.1, 0.15) is 122 Å². The van der Waals surface area contributed by atoms with E-state index in [4.69, 9.17) is 47.4 Å². The molecule has 0 amide bonds. The summed E-state index contributed by atoms with van der Waals surface area (Å²) in [6.45, 7) is 22.6. The van der Waals surface area contributed by atoms with Gasteiger partial charge in [0, 0.05) is 0 Å². The van der Waals surface area contributed by atoms with Crippen molar-refractivity contribution in [2.24, 2.45) is 21.7 Å². The van der Waals surface area contributed by atoms with Crippen molar-refractivity contribution in [3.05, 3.63) is 0 Å². The van der Waals surface area contributed by atoms with Crippen molar-refractivity contribution < 1.29 is 134 Å². The van der Waals surface area contributed by atoms with Crippen LogP contribution in [-0.2, 0) is 47.4 Å². The van der Waals surface area contributed by atoms with Gasteiger partial charge in [-0.05, 0) is 41.4 Å². The highest BCUT2D eigenvalue weighted by molar-refractivity contribution is 5.02. The lowest BCUT2D eigenvalue weighted by atomic mass is 9.80. The predicted molar refractivity (Wildman–Crippen MR) is 265 cm³/mol. The molecule has 21 unspecified atom stereocenters. The third-order valence-corrected chi connectivity index (χ3v) is 14.9. The Morgan fingerprint density at radius 2 is 0.603 bits per heavy atom. The zero-order valence-electron chi connectivity index (χ0n) is 46.8. The van der Waals surface area contributed by atoms with Crippen molar-refractivity contribution in [3.8, 4) is 0 Å². The lowest BCUT2D eigenvalue weighted by Gasteiger charge is -2.51. The summed E-state index contributed by atoms with van der Waals surface area (Å²) < 4.78 is 58.4. The average molecular weight is 1140 g/mol. The first-order chi connectivity index (χ1) is 35.7. The minimum atomic E-state index is -1.82. The van der Waals surface area contributed by atoms with E-state index >= 15 is 0 Å². The van der Waals surface area contributed by atoms with Crippen LogP contribution in [0.5, 0.6) is 0 Å². The third kappa shape index (κ3) is 15.8. The van der Waals surface area contributed by atoms with Gasteiger partial charge in [0.2, 0.25) is 0 Å². The lowest BCUT2D eigenvalue weighted by molar-refractivity contribution is -0.390. The number of aliphatic hydroxyl groups excluding tert-OH is 17. The molecule has 6 saturated heterocycles. The molecule has 0 aromatic carbocycles. The van der Waals surface area contributed by atoms with Gasteiger partial charge >= 0.3 is 0 Å². The van der Waals surface area contributed by atoms with E-state index in [0.717, 1.165) is 0 Å². The standard InChI is InChI=1S/C26H48O13.C25H46O14/c1-10-13(28)17(32)20(22(35-10)26(5,6)7)38-24-21(18(33)14(29)11(36-24)8-25(2,3)4)39-23-19(34)16(31)15(30)12(9-27)37-23;1-24(2,3)7-9-11(27)14(30)19(38-22-17(33)13(29)12(28)10(8-26)36-22)23(35-9)37-18-15(31)16(32)21(34)39-20(18)25(4,5)6/h10-24,27-34H,8-9H2,1-7H3;9-23,26-34H,7-8H2,1-6H3/t10?,11?,12?,13-,14+,15+,16+,17-,18+,19?,20?,21?,22+,23-,24-;/m0./s1. The molecule has 460 valence electrons. The van der Waals surface area contributed by atoms with Gasteiger partial charge in [0.05, 0.1) is 43.7 Å². The fourth-order valence-electron chi connectivity index (χ4n) is 10.4. The normalized spacial score (nSPS) is 48.2. The maximum atomic E-state index is 11.2. The van der Waals surface area contributed by atoms with E-state index in [1.54, 1.807) is 27.7 Å². The summed E-state index contributed by atoms with van der Waals surface area (Å²) in [5.41, 5.74) is -1.97. The highest BCUT2D eigenvalue weighted by Crippen LogP contribution is 2.42. The SMILES string of the molecule is CC(C)(C)CC1OC(OC2C(O)C(O)C(O)OC2C(C)(C)C)C(OC2OC(CO)C(O)C(O)C2O)C(O)C1O.CC1O[C@@H](C(C)(C)C)C(O[C@@H]2OC(CC(C)(C)C)[C@@H](O)[C@@H](O)C2O[C@@H]2OC(CO)[C@@H](O)[C@@H](O)C2O)[C@@H](O)[C@H]1O. The van der Waals surface area contributed by atoms with E-state index < -0.39 is 208 Å². The van der Waals surface area contributed by atoms with Gasteiger partial charge in [-0.1, -0.05) is 83.1 Å². The molecule has 0 saturated carbocycles. The van der Waals surface area contributed by atoms with Crippen LogP contribution in [-0.4, -0.2) is 284 Å². The number of hydrogen-bond acceptors (Lipinski definition) is 27. The molecule has 30 atom stereocenters.